The minimum absolute atomic E-state index is 0.276. The first kappa shape index (κ1) is 16.7. The Morgan fingerprint density at radius 1 is 1.13 bits per heavy atom. The molecule has 0 aromatic heterocycles. The van der Waals surface area contributed by atoms with E-state index in [4.69, 9.17) is 0 Å². The Hall–Kier alpha value is -2.63. The van der Waals surface area contributed by atoms with E-state index in [0.717, 1.165) is 0 Å². The van der Waals surface area contributed by atoms with Gasteiger partial charge in [-0.25, -0.2) is 0 Å². The van der Waals surface area contributed by atoms with E-state index < -0.39 is 17.8 Å². The molecule has 0 heterocycles. The molecule has 2 atom stereocenters. The Labute approximate surface area is 134 Å². The summed E-state index contributed by atoms with van der Waals surface area (Å²) in [6.07, 6.45) is 4.32. The standard InChI is InChI=1S/C17H20N2O4/c1-2-18-15(20)13-9-5-6-10-14(13)19-16(21)11-7-3-4-8-12(11)17(22)23/h3-6,9-12H,2,7-8H2,1H3,(H,18,20)(H,19,21)(H,22,23)/t11-,12+/m1/s1. The number of carboxylic acid groups (broad SMARTS) is 1. The van der Waals surface area contributed by atoms with Gasteiger partial charge in [-0.15, -0.1) is 0 Å². The Kier molecular flexibility index (Phi) is 5.51. The lowest BCUT2D eigenvalue weighted by Crippen LogP contribution is -2.35. The molecule has 0 saturated carbocycles. The molecule has 0 radical (unpaired) electrons. The molecular formula is C17H20N2O4. The number of hydrogen-bond donors (Lipinski definition) is 3. The van der Waals surface area contributed by atoms with Gasteiger partial charge in [0.25, 0.3) is 5.91 Å². The van der Waals surface area contributed by atoms with Crippen molar-refractivity contribution in [3.05, 3.63) is 42.0 Å². The van der Waals surface area contributed by atoms with Crippen LogP contribution in [0.4, 0.5) is 5.69 Å². The van der Waals surface area contributed by atoms with Crippen molar-refractivity contribution < 1.29 is 19.5 Å². The van der Waals surface area contributed by atoms with Crippen LogP contribution in [0.2, 0.25) is 0 Å². The molecule has 0 spiro atoms. The summed E-state index contributed by atoms with van der Waals surface area (Å²) in [6.45, 7) is 2.29. The first-order chi connectivity index (χ1) is 11.0. The van der Waals surface area contributed by atoms with Crippen LogP contribution in [0.15, 0.2) is 36.4 Å². The van der Waals surface area contributed by atoms with Gasteiger partial charge in [-0.2, -0.15) is 0 Å². The van der Waals surface area contributed by atoms with Crippen LogP contribution in [0.5, 0.6) is 0 Å². The Morgan fingerprint density at radius 3 is 2.43 bits per heavy atom. The largest absolute Gasteiger partial charge is 0.481 e. The third kappa shape index (κ3) is 3.97. The molecule has 0 fully saturated rings. The summed E-state index contributed by atoms with van der Waals surface area (Å²) in [4.78, 5) is 35.8. The molecule has 3 N–H and O–H groups in total. The highest BCUT2D eigenvalue weighted by atomic mass is 16.4. The number of hydrogen-bond acceptors (Lipinski definition) is 3. The van der Waals surface area contributed by atoms with Crippen molar-refractivity contribution in [3.8, 4) is 0 Å². The maximum absolute atomic E-state index is 12.5. The van der Waals surface area contributed by atoms with Crippen molar-refractivity contribution in [2.75, 3.05) is 11.9 Å². The lowest BCUT2D eigenvalue weighted by Gasteiger charge is -2.24. The third-order valence-electron chi connectivity index (χ3n) is 3.85. The van der Waals surface area contributed by atoms with Gasteiger partial charge in [-0.1, -0.05) is 24.3 Å². The van der Waals surface area contributed by atoms with Crippen LogP contribution >= 0.6 is 0 Å². The zero-order chi connectivity index (χ0) is 16.8. The molecule has 2 amide bonds. The van der Waals surface area contributed by atoms with Crippen LogP contribution in [0, 0.1) is 11.8 Å². The Morgan fingerprint density at radius 2 is 1.78 bits per heavy atom. The number of nitrogens with one attached hydrogen (secondary N) is 2. The second-order valence-corrected chi connectivity index (χ2v) is 5.39. The number of carboxylic acids is 1. The minimum Gasteiger partial charge on any atom is -0.481 e. The van der Waals surface area contributed by atoms with E-state index in [0.29, 0.717) is 30.6 Å². The van der Waals surface area contributed by atoms with Crippen molar-refractivity contribution >= 4 is 23.5 Å². The van der Waals surface area contributed by atoms with Crippen LogP contribution in [0.3, 0.4) is 0 Å². The summed E-state index contributed by atoms with van der Waals surface area (Å²) < 4.78 is 0. The zero-order valence-electron chi connectivity index (χ0n) is 12.9. The van der Waals surface area contributed by atoms with Crippen molar-refractivity contribution in [1.82, 2.24) is 5.32 Å². The molecule has 0 aliphatic heterocycles. The van der Waals surface area contributed by atoms with Crippen LogP contribution < -0.4 is 10.6 Å². The van der Waals surface area contributed by atoms with E-state index in [1.54, 1.807) is 30.3 Å². The fourth-order valence-electron chi connectivity index (χ4n) is 2.65. The van der Waals surface area contributed by atoms with Gasteiger partial charge in [-0.3, -0.25) is 14.4 Å². The SMILES string of the molecule is CCNC(=O)c1ccccc1NC(=O)[C@@H]1CC=CC[C@@H]1C(=O)O. The van der Waals surface area contributed by atoms with Crippen molar-refractivity contribution in [2.24, 2.45) is 11.8 Å². The summed E-state index contributed by atoms with van der Waals surface area (Å²) in [6, 6.07) is 6.68. The second kappa shape index (κ2) is 7.58. The number of carbonyl (C=O) groups is 3. The first-order valence-electron chi connectivity index (χ1n) is 7.60. The Bertz CT molecular complexity index is 639. The average Bonchev–Trinajstić information content (AvgIpc) is 2.55. The topological polar surface area (TPSA) is 95.5 Å². The molecule has 6 heteroatoms. The number of anilines is 1. The van der Waals surface area contributed by atoms with E-state index in [1.807, 2.05) is 13.0 Å². The average molecular weight is 316 g/mol. The number of carbonyl (C=O) groups excluding carboxylic acids is 2. The van der Waals surface area contributed by atoms with Gasteiger partial charge >= 0.3 is 5.97 Å². The molecule has 6 nitrogen and oxygen atoms in total. The second-order valence-electron chi connectivity index (χ2n) is 5.39. The quantitative estimate of drug-likeness (QED) is 0.724. The Balaban J connectivity index is 2.18. The first-order valence-corrected chi connectivity index (χ1v) is 7.60. The van der Waals surface area contributed by atoms with E-state index in [-0.39, 0.29) is 11.8 Å². The normalized spacial score (nSPS) is 19.9. The van der Waals surface area contributed by atoms with Crippen LogP contribution in [-0.4, -0.2) is 29.4 Å². The van der Waals surface area contributed by atoms with Gasteiger partial charge in [0, 0.05) is 6.54 Å². The van der Waals surface area contributed by atoms with Crippen molar-refractivity contribution in [1.29, 1.82) is 0 Å². The lowest BCUT2D eigenvalue weighted by atomic mass is 9.82. The number of para-hydroxylation sites is 1. The van der Waals surface area contributed by atoms with E-state index in [9.17, 15) is 19.5 Å². The molecule has 1 aromatic rings. The van der Waals surface area contributed by atoms with Gasteiger partial charge in [0.1, 0.15) is 0 Å². The van der Waals surface area contributed by atoms with Gasteiger partial charge in [0.2, 0.25) is 5.91 Å². The summed E-state index contributed by atoms with van der Waals surface area (Å²) in [7, 11) is 0. The van der Waals surface area contributed by atoms with E-state index in [1.165, 1.54) is 0 Å². The van der Waals surface area contributed by atoms with Crippen LogP contribution in [-0.2, 0) is 9.59 Å². The van der Waals surface area contributed by atoms with Gasteiger partial charge in [0.15, 0.2) is 0 Å². The molecule has 122 valence electrons. The minimum atomic E-state index is -0.980. The fraction of sp³-hybridized carbons (Fsp3) is 0.353. The molecular weight excluding hydrogens is 296 g/mol. The number of aliphatic carboxylic acids is 1. The smallest absolute Gasteiger partial charge is 0.307 e. The van der Waals surface area contributed by atoms with Gasteiger partial charge < -0.3 is 15.7 Å². The molecule has 0 saturated heterocycles. The summed E-state index contributed by atoms with van der Waals surface area (Å²) in [5, 5.41) is 14.7. The predicted octanol–water partition coefficient (Wildman–Crippen LogP) is 2.04. The summed E-state index contributed by atoms with van der Waals surface area (Å²) in [5.74, 6) is -3.01. The van der Waals surface area contributed by atoms with Gasteiger partial charge in [-0.05, 0) is 31.9 Å². The number of allylic oxidation sites excluding steroid dienone is 2. The maximum Gasteiger partial charge on any atom is 0.307 e. The number of rotatable bonds is 5. The van der Waals surface area contributed by atoms with E-state index >= 15 is 0 Å². The van der Waals surface area contributed by atoms with E-state index in [2.05, 4.69) is 10.6 Å². The van der Waals surface area contributed by atoms with Gasteiger partial charge in [0.05, 0.1) is 23.1 Å². The summed E-state index contributed by atoms with van der Waals surface area (Å²) in [5.41, 5.74) is 0.753. The maximum atomic E-state index is 12.5. The molecule has 1 aliphatic carbocycles. The molecule has 1 aliphatic rings. The predicted molar refractivity (Wildman–Crippen MR) is 86.1 cm³/mol. The molecule has 1 aromatic carbocycles. The zero-order valence-corrected chi connectivity index (χ0v) is 12.9. The fourth-order valence-corrected chi connectivity index (χ4v) is 2.65. The number of amides is 2. The van der Waals surface area contributed by atoms with Crippen molar-refractivity contribution in [2.45, 2.75) is 19.8 Å². The van der Waals surface area contributed by atoms with Crippen LogP contribution in [0.1, 0.15) is 30.1 Å². The lowest BCUT2D eigenvalue weighted by molar-refractivity contribution is -0.146. The number of benzene rings is 1. The van der Waals surface area contributed by atoms with Crippen LogP contribution in [0.25, 0.3) is 0 Å². The van der Waals surface area contributed by atoms with Crippen molar-refractivity contribution in [3.63, 3.8) is 0 Å². The summed E-state index contributed by atoms with van der Waals surface area (Å²) >= 11 is 0. The highest BCUT2D eigenvalue weighted by Crippen LogP contribution is 2.27. The molecule has 0 unspecified atom stereocenters. The molecule has 23 heavy (non-hydrogen) atoms. The molecule has 0 bridgehead atoms. The highest BCUT2D eigenvalue weighted by Gasteiger charge is 2.34. The molecule has 2 rings (SSSR count). The monoisotopic (exact) mass is 316 g/mol. The highest BCUT2D eigenvalue weighted by molar-refractivity contribution is 6.04. The third-order valence-corrected chi connectivity index (χ3v) is 3.85.